The predicted molar refractivity (Wildman–Crippen MR) is 81.7 cm³/mol. The topological polar surface area (TPSA) is 43.4 Å². The number of hydrogen-bond donors (Lipinski definition) is 0. The summed E-state index contributed by atoms with van der Waals surface area (Å²) < 4.78 is 197. The Kier molecular flexibility index (Phi) is 6.94. The van der Waals surface area contributed by atoms with Crippen LogP contribution in [0.1, 0.15) is 5.56 Å². The Morgan fingerprint density at radius 2 is 1.09 bits per heavy atom. The second-order valence-electron chi connectivity index (χ2n) is 5.93. The smallest absolute Gasteiger partial charge is 0.460 e. The minimum Gasteiger partial charge on any atom is -0.497 e. The summed E-state index contributed by atoms with van der Waals surface area (Å²) in [6.45, 7) is 0. The van der Waals surface area contributed by atoms with Gasteiger partial charge in [-0.05, 0) is 23.8 Å². The second kappa shape index (κ2) is 7.98. The molecule has 0 spiro atoms. The Labute approximate surface area is 170 Å². The van der Waals surface area contributed by atoms with Crippen molar-refractivity contribution in [3.05, 3.63) is 35.2 Å². The van der Waals surface area contributed by atoms with Crippen LogP contribution in [0, 0.1) is 0 Å². The molecule has 1 rings (SSSR count). The van der Waals surface area contributed by atoms with Crippen molar-refractivity contribution in [3.8, 4) is 5.75 Å². The third kappa shape index (κ3) is 4.10. The molecule has 0 bridgehead atoms. The van der Waals surface area contributed by atoms with Crippen LogP contribution < -0.4 is 4.74 Å². The minimum absolute atomic E-state index is 0.110. The number of methoxy groups -OCH3 is 1. The molecule has 0 saturated heterocycles. The molecule has 32 heavy (non-hydrogen) atoms. The summed E-state index contributed by atoms with van der Waals surface area (Å²) in [6.07, 6.45) is -7.47. The standard InChI is InChI=1S/C15H9F13O3S/c1-31-9-4-2-8(3-5-9)6-7-32(29,30)15(27,28)13(22,23)11(18,19)10(16,17)12(20,21)14(24,25)26/h2-7H,1H3. The summed E-state index contributed by atoms with van der Waals surface area (Å²) in [5.74, 6) is -32.1. The molecule has 0 saturated carbocycles. The fourth-order valence-electron chi connectivity index (χ4n) is 1.90. The van der Waals surface area contributed by atoms with Crippen molar-refractivity contribution in [1.82, 2.24) is 0 Å². The van der Waals surface area contributed by atoms with Gasteiger partial charge in [-0.2, -0.15) is 57.1 Å². The van der Waals surface area contributed by atoms with Gasteiger partial charge >= 0.3 is 35.1 Å². The van der Waals surface area contributed by atoms with Crippen LogP contribution in [0.5, 0.6) is 5.75 Å². The van der Waals surface area contributed by atoms with Gasteiger partial charge in [0, 0.05) is 5.41 Å². The highest BCUT2D eigenvalue weighted by Crippen LogP contribution is 2.61. The fraction of sp³-hybridized carbons (Fsp3) is 0.467. The maximum Gasteiger partial charge on any atom is 0.460 e. The lowest BCUT2D eigenvalue weighted by molar-refractivity contribution is -0.433. The van der Waals surface area contributed by atoms with Crippen molar-refractivity contribution < 1.29 is 70.2 Å². The molecule has 0 heterocycles. The Morgan fingerprint density at radius 3 is 1.47 bits per heavy atom. The summed E-state index contributed by atoms with van der Waals surface area (Å²) in [4.78, 5) is 0. The molecule has 0 unspecified atom stereocenters. The lowest BCUT2D eigenvalue weighted by Gasteiger charge is -2.39. The van der Waals surface area contributed by atoms with E-state index in [0.717, 1.165) is 24.3 Å². The monoisotopic (exact) mass is 516 g/mol. The molecule has 0 radical (unpaired) electrons. The van der Waals surface area contributed by atoms with Gasteiger partial charge in [0.25, 0.3) is 0 Å². The Hall–Kier alpha value is -2.20. The van der Waals surface area contributed by atoms with Crippen molar-refractivity contribution in [1.29, 1.82) is 0 Å². The van der Waals surface area contributed by atoms with Gasteiger partial charge in [0.05, 0.1) is 7.11 Å². The van der Waals surface area contributed by atoms with Gasteiger partial charge < -0.3 is 4.74 Å². The van der Waals surface area contributed by atoms with Crippen LogP contribution in [0.2, 0.25) is 0 Å². The quantitative estimate of drug-likeness (QED) is 0.412. The first kappa shape index (κ1) is 27.8. The molecule has 0 aliphatic heterocycles. The molecule has 0 N–H and O–H groups in total. The van der Waals surface area contributed by atoms with Crippen LogP contribution in [-0.4, -0.2) is 50.6 Å². The summed E-state index contributed by atoms with van der Waals surface area (Å²) >= 11 is 0. The van der Waals surface area contributed by atoms with Crippen LogP contribution in [0.15, 0.2) is 29.7 Å². The van der Waals surface area contributed by atoms with Crippen LogP contribution in [0.25, 0.3) is 6.08 Å². The molecule has 0 amide bonds. The number of hydrogen-bond acceptors (Lipinski definition) is 3. The second-order valence-corrected chi connectivity index (χ2v) is 7.81. The first-order chi connectivity index (χ1) is 14.0. The maximum absolute atomic E-state index is 13.8. The molecular formula is C15H9F13O3S. The van der Waals surface area contributed by atoms with Gasteiger partial charge in [-0.15, -0.1) is 0 Å². The summed E-state index contributed by atoms with van der Waals surface area (Å²) in [6, 6.07) is 4.06. The first-order valence-electron chi connectivity index (χ1n) is 7.54. The van der Waals surface area contributed by atoms with Crippen molar-refractivity contribution in [2.45, 2.75) is 35.1 Å². The van der Waals surface area contributed by atoms with Crippen LogP contribution in [0.3, 0.4) is 0 Å². The number of rotatable bonds is 8. The number of alkyl halides is 13. The van der Waals surface area contributed by atoms with E-state index in [1.165, 1.54) is 7.11 Å². The van der Waals surface area contributed by atoms with Crippen molar-refractivity contribution in [2.75, 3.05) is 7.11 Å². The summed E-state index contributed by atoms with van der Waals surface area (Å²) in [7, 11) is -5.81. The zero-order valence-electron chi connectivity index (χ0n) is 15.0. The first-order valence-corrected chi connectivity index (χ1v) is 9.08. The van der Waals surface area contributed by atoms with Crippen molar-refractivity contribution in [3.63, 3.8) is 0 Å². The lowest BCUT2D eigenvalue weighted by Crippen LogP contribution is -2.70. The SMILES string of the molecule is COc1ccc(C=CS(=O)(=O)C(F)(F)C(F)(F)C(F)(F)C(F)(F)C(F)(F)C(F)(F)F)cc1. The molecule has 3 nitrogen and oxygen atoms in total. The largest absolute Gasteiger partial charge is 0.497 e. The highest BCUT2D eigenvalue weighted by molar-refractivity contribution is 7.95. The van der Waals surface area contributed by atoms with Gasteiger partial charge in [-0.25, -0.2) is 8.42 Å². The summed E-state index contributed by atoms with van der Waals surface area (Å²) in [5, 5.41) is -8.09. The van der Waals surface area contributed by atoms with E-state index in [1.54, 1.807) is 0 Å². The number of ether oxygens (including phenoxy) is 1. The lowest BCUT2D eigenvalue weighted by atomic mass is 9.98. The van der Waals surface area contributed by atoms with Crippen LogP contribution in [0.4, 0.5) is 57.1 Å². The Balaban J connectivity index is 3.49. The normalized spacial score (nSPS) is 15.3. The number of sulfone groups is 1. The number of halogens is 13. The zero-order valence-corrected chi connectivity index (χ0v) is 15.8. The predicted octanol–water partition coefficient (Wildman–Crippen LogP) is 5.78. The van der Waals surface area contributed by atoms with Gasteiger partial charge in [-0.3, -0.25) is 0 Å². The third-order valence-corrected chi connectivity index (χ3v) is 5.28. The molecule has 0 aliphatic rings. The Bertz CT molecular complexity index is 948. The number of benzene rings is 1. The molecule has 1 aromatic carbocycles. The maximum atomic E-state index is 13.8. The average molecular weight is 516 g/mol. The van der Waals surface area contributed by atoms with Gasteiger partial charge in [0.1, 0.15) is 5.75 Å². The fourth-order valence-corrected chi connectivity index (χ4v) is 2.90. The van der Waals surface area contributed by atoms with E-state index >= 15 is 0 Å². The van der Waals surface area contributed by atoms with E-state index < -0.39 is 50.4 Å². The van der Waals surface area contributed by atoms with Crippen molar-refractivity contribution >= 4 is 15.9 Å². The van der Waals surface area contributed by atoms with Crippen LogP contribution in [-0.2, 0) is 9.84 Å². The van der Waals surface area contributed by atoms with E-state index in [-0.39, 0.29) is 17.4 Å². The highest BCUT2D eigenvalue weighted by atomic mass is 32.2. The van der Waals surface area contributed by atoms with E-state index in [1.807, 2.05) is 0 Å². The Morgan fingerprint density at radius 1 is 0.688 bits per heavy atom. The summed E-state index contributed by atoms with van der Waals surface area (Å²) in [5.41, 5.74) is -0.353. The van der Waals surface area contributed by atoms with E-state index in [0.29, 0.717) is 0 Å². The van der Waals surface area contributed by atoms with E-state index in [9.17, 15) is 65.5 Å². The molecule has 17 heteroatoms. The minimum atomic E-state index is -8.19. The van der Waals surface area contributed by atoms with E-state index in [2.05, 4.69) is 4.74 Å². The van der Waals surface area contributed by atoms with Crippen molar-refractivity contribution in [2.24, 2.45) is 0 Å². The van der Waals surface area contributed by atoms with Crippen LogP contribution >= 0.6 is 0 Å². The molecule has 1 aromatic rings. The molecule has 0 atom stereocenters. The third-order valence-electron chi connectivity index (χ3n) is 3.82. The molecule has 0 fully saturated rings. The molecule has 0 aromatic heterocycles. The molecule has 0 aliphatic carbocycles. The van der Waals surface area contributed by atoms with E-state index in [4.69, 9.17) is 0 Å². The highest BCUT2D eigenvalue weighted by Gasteiger charge is 2.92. The zero-order chi connectivity index (χ0) is 25.6. The molecular weight excluding hydrogens is 507 g/mol. The van der Waals surface area contributed by atoms with Gasteiger partial charge in [0.2, 0.25) is 9.84 Å². The molecule has 184 valence electrons. The average Bonchev–Trinajstić information content (AvgIpc) is 2.65. The van der Waals surface area contributed by atoms with Gasteiger partial charge in [-0.1, -0.05) is 12.1 Å². The van der Waals surface area contributed by atoms with Gasteiger partial charge in [0.15, 0.2) is 0 Å².